The van der Waals surface area contributed by atoms with Crippen molar-refractivity contribution >= 4 is 34.7 Å². The van der Waals surface area contributed by atoms with E-state index >= 15 is 0 Å². The second-order valence-electron chi connectivity index (χ2n) is 8.51. The number of benzene rings is 1. The van der Waals surface area contributed by atoms with Gasteiger partial charge in [-0.05, 0) is 54.5 Å². The number of carbonyl (C=O) groups excluding carboxylic acids is 1. The lowest BCUT2D eigenvalue weighted by molar-refractivity contribution is -0.140. The van der Waals surface area contributed by atoms with Crippen molar-refractivity contribution in [2.24, 2.45) is 10.9 Å². The van der Waals surface area contributed by atoms with Crippen molar-refractivity contribution in [3.63, 3.8) is 0 Å². The van der Waals surface area contributed by atoms with Crippen LogP contribution in [0.3, 0.4) is 0 Å². The number of thiazole rings is 1. The summed E-state index contributed by atoms with van der Waals surface area (Å²) in [6.45, 7) is 8.76. The van der Waals surface area contributed by atoms with Crippen LogP contribution in [0.4, 0.5) is 0 Å². The fraction of sp³-hybridized carbons (Fsp3) is 0.346. The third kappa shape index (κ3) is 5.08. The van der Waals surface area contributed by atoms with Crippen molar-refractivity contribution in [3.05, 3.63) is 83.2 Å². The Kier molecular flexibility index (Phi) is 7.48. The zero-order valence-corrected chi connectivity index (χ0v) is 21.4. The van der Waals surface area contributed by atoms with Gasteiger partial charge in [0.15, 0.2) is 4.80 Å². The highest BCUT2D eigenvalue weighted by molar-refractivity contribution is 7.11. The van der Waals surface area contributed by atoms with Crippen LogP contribution < -0.4 is 19.6 Å². The summed E-state index contributed by atoms with van der Waals surface area (Å²) in [5.41, 5.74) is 1.58. The molecule has 6 nitrogen and oxygen atoms in total. The molecule has 1 aliphatic heterocycles. The summed E-state index contributed by atoms with van der Waals surface area (Å²) < 4.78 is 13.5. The summed E-state index contributed by atoms with van der Waals surface area (Å²) in [4.78, 5) is 33.0. The number of ether oxygens (including phenoxy) is 2. The third-order valence-corrected chi connectivity index (χ3v) is 7.08. The summed E-state index contributed by atoms with van der Waals surface area (Å²) in [7, 11) is 0. The molecule has 0 fully saturated rings. The van der Waals surface area contributed by atoms with E-state index in [2.05, 4.69) is 11.9 Å². The fourth-order valence-corrected chi connectivity index (χ4v) is 5.46. The fourth-order valence-electron chi connectivity index (χ4n) is 3.69. The lowest BCUT2D eigenvalue weighted by atomic mass is 9.96. The Morgan fingerprint density at radius 2 is 2.00 bits per heavy atom. The molecule has 1 aliphatic rings. The van der Waals surface area contributed by atoms with Gasteiger partial charge in [0.25, 0.3) is 5.56 Å². The van der Waals surface area contributed by atoms with Gasteiger partial charge in [-0.3, -0.25) is 9.36 Å². The van der Waals surface area contributed by atoms with E-state index in [-0.39, 0.29) is 11.5 Å². The Morgan fingerprint density at radius 1 is 1.24 bits per heavy atom. The molecular formula is C26H28N2O4S2. The molecule has 8 heteroatoms. The second kappa shape index (κ2) is 10.5. The number of allylic oxidation sites excluding steroid dienone is 1. The third-order valence-electron chi connectivity index (χ3n) is 5.27. The highest BCUT2D eigenvalue weighted by Crippen LogP contribution is 2.31. The molecule has 1 atom stereocenters. The molecule has 0 radical (unpaired) electrons. The summed E-state index contributed by atoms with van der Waals surface area (Å²) in [5, 5.41) is 1.97. The van der Waals surface area contributed by atoms with Gasteiger partial charge in [0.1, 0.15) is 5.75 Å². The maximum absolute atomic E-state index is 13.6. The van der Waals surface area contributed by atoms with Crippen molar-refractivity contribution in [2.45, 2.75) is 40.2 Å². The van der Waals surface area contributed by atoms with Gasteiger partial charge in [0.2, 0.25) is 0 Å². The first kappa shape index (κ1) is 24.2. The van der Waals surface area contributed by atoms with Crippen LogP contribution >= 0.6 is 22.7 Å². The molecule has 4 rings (SSSR count). The molecule has 0 saturated carbocycles. The van der Waals surface area contributed by atoms with Crippen LogP contribution in [0.5, 0.6) is 5.75 Å². The largest absolute Gasteiger partial charge is 0.494 e. The average Bonchev–Trinajstić information content (AvgIpc) is 3.43. The minimum atomic E-state index is -0.623. The zero-order chi connectivity index (χ0) is 24.2. The number of rotatable bonds is 8. The lowest BCUT2D eigenvalue weighted by Gasteiger charge is -2.25. The van der Waals surface area contributed by atoms with Gasteiger partial charge in [-0.25, -0.2) is 9.79 Å². The summed E-state index contributed by atoms with van der Waals surface area (Å²) in [6, 6.07) is 10.8. The first-order chi connectivity index (χ1) is 16.4. The highest BCUT2D eigenvalue weighted by atomic mass is 32.1. The number of carbonyl (C=O) groups is 1. The predicted octanol–water partition coefficient (Wildman–Crippen LogP) is 4.28. The molecule has 0 amide bonds. The Morgan fingerprint density at radius 3 is 2.65 bits per heavy atom. The molecular weight excluding hydrogens is 468 g/mol. The Bertz CT molecular complexity index is 1360. The predicted molar refractivity (Wildman–Crippen MR) is 136 cm³/mol. The summed E-state index contributed by atoms with van der Waals surface area (Å²) in [6.07, 6.45) is 2.79. The van der Waals surface area contributed by atoms with Gasteiger partial charge in [0.05, 0.1) is 35.1 Å². The Hall–Kier alpha value is -2.97. The van der Waals surface area contributed by atoms with Gasteiger partial charge in [-0.2, -0.15) is 0 Å². The quantitative estimate of drug-likeness (QED) is 0.437. The summed E-state index contributed by atoms with van der Waals surface area (Å²) in [5.74, 6) is 0.504. The molecule has 3 heterocycles. The molecule has 34 heavy (non-hydrogen) atoms. The number of hydrogen-bond acceptors (Lipinski definition) is 7. The molecule has 3 aromatic rings. The monoisotopic (exact) mass is 496 g/mol. The van der Waals surface area contributed by atoms with Gasteiger partial charge in [-0.15, -0.1) is 11.3 Å². The molecule has 1 aromatic carbocycles. The summed E-state index contributed by atoms with van der Waals surface area (Å²) >= 11 is 2.90. The van der Waals surface area contributed by atoms with Crippen molar-refractivity contribution in [2.75, 3.05) is 13.2 Å². The van der Waals surface area contributed by atoms with E-state index < -0.39 is 12.0 Å². The van der Waals surface area contributed by atoms with Crippen molar-refractivity contribution in [1.82, 2.24) is 4.57 Å². The van der Waals surface area contributed by atoms with Crippen LogP contribution in [0.25, 0.3) is 6.08 Å². The highest BCUT2D eigenvalue weighted by Gasteiger charge is 2.33. The molecule has 0 N–H and O–H groups in total. The van der Waals surface area contributed by atoms with Crippen LogP contribution in [0.15, 0.2) is 62.8 Å². The topological polar surface area (TPSA) is 69.9 Å². The van der Waals surface area contributed by atoms with Gasteiger partial charge < -0.3 is 9.47 Å². The molecule has 178 valence electrons. The zero-order valence-electron chi connectivity index (χ0n) is 19.7. The molecule has 0 bridgehead atoms. The standard InChI is InChI=1S/C26H28N2O4S2/c1-5-12-31-19-10-8-18(9-11-19)23-22(25(30)32-15-16(2)3)17(4)27-26-28(23)24(29)21(34-26)14-20-7-6-13-33-20/h6-11,13-14,16,23H,5,12,15H2,1-4H3/b21-14-. The number of esters is 1. The molecule has 2 aromatic heterocycles. The van der Waals surface area contributed by atoms with E-state index in [0.29, 0.717) is 33.8 Å². The number of hydrogen-bond donors (Lipinski definition) is 0. The smallest absolute Gasteiger partial charge is 0.338 e. The Balaban J connectivity index is 1.84. The number of nitrogens with zero attached hydrogens (tertiary/aromatic N) is 2. The van der Waals surface area contributed by atoms with Gasteiger partial charge in [-0.1, -0.05) is 50.3 Å². The minimum absolute atomic E-state index is 0.171. The maximum Gasteiger partial charge on any atom is 0.338 e. The lowest BCUT2D eigenvalue weighted by Crippen LogP contribution is -2.40. The van der Waals surface area contributed by atoms with Crippen molar-refractivity contribution in [1.29, 1.82) is 0 Å². The average molecular weight is 497 g/mol. The van der Waals surface area contributed by atoms with E-state index in [1.54, 1.807) is 22.8 Å². The van der Waals surface area contributed by atoms with Crippen molar-refractivity contribution < 1.29 is 14.3 Å². The number of thiophene rings is 1. The van der Waals surface area contributed by atoms with E-state index in [1.165, 1.54) is 11.3 Å². The normalized spacial score (nSPS) is 15.9. The molecule has 0 aliphatic carbocycles. The van der Waals surface area contributed by atoms with E-state index in [1.807, 2.05) is 61.7 Å². The first-order valence-corrected chi connectivity index (χ1v) is 13.0. The van der Waals surface area contributed by atoms with Gasteiger partial charge >= 0.3 is 5.97 Å². The molecule has 0 spiro atoms. The van der Waals surface area contributed by atoms with E-state index in [0.717, 1.165) is 22.6 Å². The number of fused-ring (bicyclic) bond motifs is 1. The molecule has 0 saturated heterocycles. The first-order valence-electron chi connectivity index (χ1n) is 11.3. The minimum Gasteiger partial charge on any atom is -0.494 e. The van der Waals surface area contributed by atoms with Crippen LogP contribution in [-0.4, -0.2) is 23.8 Å². The second-order valence-corrected chi connectivity index (χ2v) is 10.5. The SMILES string of the molecule is CCCOc1ccc(C2C(C(=O)OCC(C)C)=C(C)N=c3s/c(=C\c4cccs4)c(=O)n32)cc1. The maximum atomic E-state index is 13.6. The van der Waals surface area contributed by atoms with Crippen molar-refractivity contribution in [3.8, 4) is 5.75 Å². The molecule has 1 unspecified atom stereocenters. The van der Waals surface area contributed by atoms with Crippen LogP contribution in [0, 0.1) is 5.92 Å². The van der Waals surface area contributed by atoms with Crippen LogP contribution in [0.2, 0.25) is 0 Å². The number of aromatic nitrogens is 1. The van der Waals surface area contributed by atoms with E-state index in [9.17, 15) is 9.59 Å². The van der Waals surface area contributed by atoms with Crippen LogP contribution in [0.1, 0.15) is 50.6 Å². The van der Waals surface area contributed by atoms with Crippen LogP contribution in [-0.2, 0) is 9.53 Å². The van der Waals surface area contributed by atoms with Gasteiger partial charge in [0, 0.05) is 4.88 Å². The Labute approximate surface area is 206 Å². The van der Waals surface area contributed by atoms with E-state index in [4.69, 9.17) is 9.47 Å².